The zero-order valence-electron chi connectivity index (χ0n) is 13.0. The molecule has 2 aromatic rings. The molecule has 1 amide bonds. The van der Waals surface area contributed by atoms with Gasteiger partial charge >= 0.3 is 14.0 Å². The summed E-state index contributed by atoms with van der Waals surface area (Å²) >= 11 is 5.75. The Morgan fingerprint density at radius 1 is 1.27 bits per heavy atom. The van der Waals surface area contributed by atoms with E-state index in [0.29, 0.717) is 0 Å². The van der Waals surface area contributed by atoms with Gasteiger partial charge in [-0.15, -0.1) is 0 Å². The number of hydrogen-bond acceptors (Lipinski definition) is 4. The number of nitrogens with one attached hydrogen (secondary N) is 1. The molecular weight excluding hydrogens is 398 g/mol. The third kappa shape index (κ3) is 5.47. The summed E-state index contributed by atoms with van der Waals surface area (Å²) in [5.74, 6) is -1.51. The second-order valence-electron chi connectivity index (χ2n) is 5.24. The highest BCUT2D eigenvalue weighted by Crippen LogP contribution is 2.37. The number of amides is 1. The van der Waals surface area contributed by atoms with Crippen LogP contribution in [0.4, 0.5) is 18.9 Å². The van der Waals surface area contributed by atoms with E-state index in [2.05, 4.69) is 9.84 Å². The zero-order valence-corrected chi connectivity index (χ0v) is 14.7. The van der Waals surface area contributed by atoms with Gasteiger partial charge in [-0.05, 0) is 48.9 Å². The number of phosphoric acid groups is 1. The van der Waals surface area contributed by atoms with E-state index < -0.39 is 36.8 Å². The highest BCUT2D eigenvalue weighted by atomic mass is 35.5. The van der Waals surface area contributed by atoms with E-state index in [9.17, 15) is 27.4 Å². The number of carbonyl (C=O) groups excluding carboxylic acids is 1. The maximum absolute atomic E-state index is 12.9. The number of rotatable bonds is 4. The Kier molecular flexibility index (Phi) is 5.67. The Morgan fingerprint density at radius 2 is 1.92 bits per heavy atom. The largest absolute Gasteiger partial charge is 0.746 e. The molecule has 2 aromatic carbocycles. The molecule has 140 valence electrons. The lowest BCUT2D eigenvalue weighted by Gasteiger charge is -2.19. The van der Waals surface area contributed by atoms with Gasteiger partial charge in [0.1, 0.15) is 5.75 Å². The third-order valence-electron chi connectivity index (χ3n) is 3.06. The van der Waals surface area contributed by atoms with Crippen LogP contribution in [0.25, 0.3) is 0 Å². The second-order valence-corrected chi connectivity index (χ2v) is 6.80. The zero-order chi connectivity index (χ0) is 19.7. The molecule has 0 aliphatic heterocycles. The number of alkyl halides is 3. The van der Waals surface area contributed by atoms with E-state index in [4.69, 9.17) is 16.5 Å². The van der Waals surface area contributed by atoms with Crippen molar-refractivity contribution >= 4 is 31.0 Å². The Bertz CT molecular complexity index is 897. The van der Waals surface area contributed by atoms with Crippen molar-refractivity contribution in [2.75, 3.05) is 5.32 Å². The number of carbonyl (C=O) groups is 1. The molecule has 0 bridgehead atoms. The molecule has 6 nitrogen and oxygen atoms in total. The maximum Gasteiger partial charge on any atom is 0.416 e. The summed E-state index contributed by atoms with van der Waals surface area (Å²) in [6.45, 7) is 1.41. The lowest BCUT2D eigenvalue weighted by molar-refractivity contribution is -0.211. The fraction of sp³-hybridized carbons (Fsp3) is 0.133. The lowest BCUT2D eigenvalue weighted by atomic mass is 10.1. The minimum atomic E-state index is -5.21. The topological polar surface area (TPSA) is 98.7 Å². The first-order valence-corrected chi connectivity index (χ1v) is 8.76. The summed E-state index contributed by atoms with van der Waals surface area (Å²) in [5.41, 5.74) is -1.27. The van der Waals surface area contributed by atoms with Gasteiger partial charge in [0.25, 0.3) is 5.91 Å². The van der Waals surface area contributed by atoms with Crippen LogP contribution in [-0.2, 0) is 10.7 Å². The first-order valence-electron chi connectivity index (χ1n) is 6.88. The highest BCUT2D eigenvalue weighted by molar-refractivity contribution is 7.45. The molecule has 11 heteroatoms. The van der Waals surface area contributed by atoms with Crippen molar-refractivity contribution in [3.63, 3.8) is 0 Å². The fourth-order valence-corrected chi connectivity index (χ4v) is 2.68. The molecule has 1 atom stereocenters. The number of hydrogen-bond donors (Lipinski definition) is 2. The SMILES string of the molecule is Cc1cc(NC(=O)c2cc(Cl)ccc2OP(=O)([O-])O)cc(C(F)(F)F)c1. The normalized spacial score (nSPS) is 13.8. The van der Waals surface area contributed by atoms with Crippen LogP contribution in [0.2, 0.25) is 5.02 Å². The Hall–Kier alpha value is -2.06. The standard InChI is InChI=1S/C15H12ClF3NO5P/c1-8-4-9(15(17,18)19)6-11(5-8)20-14(21)12-7-10(16)2-3-13(12)25-26(22,23)24/h2-7H,1H3,(H,20,21)(H2,22,23,24)/p-1. The monoisotopic (exact) mass is 408 g/mol. The molecule has 1 unspecified atom stereocenters. The van der Waals surface area contributed by atoms with Crippen molar-refractivity contribution in [3.05, 3.63) is 58.1 Å². The van der Waals surface area contributed by atoms with Gasteiger partial charge in [-0.25, -0.2) is 0 Å². The predicted octanol–water partition coefficient (Wildman–Crippen LogP) is 3.76. The molecule has 0 spiro atoms. The van der Waals surface area contributed by atoms with Gasteiger partial charge in [0, 0.05) is 10.7 Å². The van der Waals surface area contributed by atoms with Crippen LogP contribution in [0, 0.1) is 6.92 Å². The van der Waals surface area contributed by atoms with E-state index in [1.807, 2.05) is 0 Å². The van der Waals surface area contributed by atoms with Crippen LogP contribution in [-0.4, -0.2) is 10.8 Å². The first kappa shape index (κ1) is 20.3. The first-order chi connectivity index (χ1) is 11.8. The van der Waals surface area contributed by atoms with Gasteiger partial charge in [-0.1, -0.05) is 11.6 Å². The molecular formula is C15H11ClF3NO5P-. The van der Waals surface area contributed by atoms with Gasteiger partial charge in [0.05, 0.1) is 11.1 Å². The Morgan fingerprint density at radius 3 is 2.50 bits per heavy atom. The van der Waals surface area contributed by atoms with Crippen molar-refractivity contribution in [1.82, 2.24) is 0 Å². The van der Waals surface area contributed by atoms with E-state index in [0.717, 1.165) is 24.3 Å². The van der Waals surface area contributed by atoms with Crippen LogP contribution in [0.1, 0.15) is 21.5 Å². The van der Waals surface area contributed by atoms with Gasteiger partial charge in [0.15, 0.2) is 0 Å². The molecule has 2 N–H and O–H groups in total. The summed E-state index contributed by atoms with van der Waals surface area (Å²) in [4.78, 5) is 32.0. The maximum atomic E-state index is 12.9. The minimum Gasteiger partial charge on any atom is -0.746 e. The quantitative estimate of drug-likeness (QED) is 0.751. The second kappa shape index (κ2) is 7.28. The molecule has 0 aromatic heterocycles. The molecule has 0 aliphatic rings. The molecule has 0 fully saturated rings. The molecule has 0 saturated heterocycles. The third-order valence-corrected chi connectivity index (χ3v) is 3.73. The highest BCUT2D eigenvalue weighted by Gasteiger charge is 2.31. The van der Waals surface area contributed by atoms with Gasteiger partial charge in [-0.3, -0.25) is 9.36 Å². The molecule has 26 heavy (non-hydrogen) atoms. The number of benzene rings is 2. The van der Waals surface area contributed by atoms with Crippen LogP contribution in [0.5, 0.6) is 5.75 Å². The number of halogens is 4. The van der Waals surface area contributed by atoms with Gasteiger partial charge < -0.3 is 19.6 Å². The fourth-order valence-electron chi connectivity index (χ4n) is 2.10. The summed E-state index contributed by atoms with van der Waals surface area (Å²) < 4.78 is 53.8. The summed E-state index contributed by atoms with van der Waals surface area (Å²) in [7, 11) is -5.21. The van der Waals surface area contributed by atoms with Crippen LogP contribution < -0.4 is 14.7 Å². The number of aryl methyl sites for hydroxylation is 1. The lowest BCUT2D eigenvalue weighted by Crippen LogP contribution is -2.16. The van der Waals surface area contributed by atoms with E-state index in [1.54, 1.807) is 0 Å². The van der Waals surface area contributed by atoms with E-state index in [1.165, 1.54) is 19.1 Å². The van der Waals surface area contributed by atoms with Crippen LogP contribution >= 0.6 is 19.4 Å². The molecule has 0 radical (unpaired) electrons. The Balaban J connectivity index is 2.38. The van der Waals surface area contributed by atoms with Crippen molar-refractivity contribution in [1.29, 1.82) is 0 Å². The molecule has 0 heterocycles. The van der Waals surface area contributed by atoms with Crippen molar-refractivity contribution in [2.45, 2.75) is 13.1 Å². The van der Waals surface area contributed by atoms with Crippen LogP contribution in [0.3, 0.4) is 0 Å². The van der Waals surface area contributed by atoms with Crippen molar-refractivity contribution in [2.24, 2.45) is 0 Å². The van der Waals surface area contributed by atoms with Crippen molar-refractivity contribution < 1.29 is 36.8 Å². The Labute approximate surface area is 150 Å². The van der Waals surface area contributed by atoms with E-state index in [-0.39, 0.29) is 16.3 Å². The smallest absolute Gasteiger partial charge is 0.416 e. The molecule has 0 saturated carbocycles. The van der Waals surface area contributed by atoms with Crippen molar-refractivity contribution in [3.8, 4) is 5.75 Å². The summed E-state index contributed by atoms with van der Waals surface area (Å²) in [5, 5.41) is 2.26. The summed E-state index contributed by atoms with van der Waals surface area (Å²) in [6.07, 6.45) is -4.61. The number of phosphoric ester groups is 1. The summed E-state index contributed by atoms with van der Waals surface area (Å²) in [6, 6.07) is 6.20. The van der Waals surface area contributed by atoms with Crippen LogP contribution in [0.15, 0.2) is 36.4 Å². The number of anilines is 1. The minimum absolute atomic E-state index is 0.0430. The molecule has 2 rings (SSSR count). The van der Waals surface area contributed by atoms with E-state index >= 15 is 0 Å². The molecule has 0 aliphatic carbocycles. The average Bonchev–Trinajstić information content (AvgIpc) is 2.46. The predicted molar refractivity (Wildman–Crippen MR) is 86.0 cm³/mol. The average molecular weight is 409 g/mol. The van der Waals surface area contributed by atoms with Gasteiger partial charge in [0.2, 0.25) is 0 Å². The van der Waals surface area contributed by atoms with Gasteiger partial charge in [-0.2, -0.15) is 13.2 Å².